The first-order valence-electron chi connectivity index (χ1n) is 29.9. The average molecular weight is 1060 g/mol. The minimum Gasteiger partial charge on any atom is -0.454 e. The first-order valence-corrected chi connectivity index (χ1v) is 29.9. The third kappa shape index (κ3) is 39.4. The van der Waals surface area contributed by atoms with E-state index in [1.165, 1.54) is 70.6 Å². The van der Waals surface area contributed by atoms with Crippen molar-refractivity contribution >= 4 is 11.9 Å². The summed E-state index contributed by atoms with van der Waals surface area (Å²) in [5, 5.41) is 56.7. The molecule has 0 saturated carbocycles. The first-order chi connectivity index (χ1) is 37.2. The van der Waals surface area contributed by atoms with Gasteiger partial charge in [-0.2, -0.15) is 0 Å². The van der Waals surface area contributed by atoms with Crippen molar-refractivity contribution in [2.45, 2.75) is 262 Å². The fraction of sp³-hybridized carbons (Fsp3) is 0.662. The Morgan fingerprint density at radius 3 is 1.54 bits per heavy atom. The number of carbonyl (C=O) groups excluding carboxylic acids is 2. The van der Waals surface area contributed by atoms with E-state index in [4.69, 9.17) is 14.2 Å². The molecule has 1 rings (SSSR count). The summed E-state index contributed by atoms with van der Waals surface area (Å²) >= 11 is 0. The van der Waals surface area contributed by atoms with E-state index in [9.17, 15) is 35.1 Å². The van der Waals surface area contributed by atoms with Gasteiger partial charge in [0.15, 0.2) is 12.4 Å². The van der Waals surface area contributed by atoms with Gasteiger partial charge in [-0.05, 0) is 83.5 Å². The number of esters is 1. The Bertz CT molecular complexity index is 1690. The van der Waals surface area contributed by atoms with Crippen LogP contribution in [0.15, 0.2) is 122 Å². The smallest absolute Gasteiger partial charge is 0.306 e. The van der Waals surface area contributed by atoms with E-state index in [-0.39, 0.29) is 19.4 Å². The van der Waals surface area contributed by atoms with Crippen molar-refractivity contribution in [2.24, 2.45) is 0 Å². The van der Waals surface area contributed by atoms with Gasteiger partial charge >= 0.3 is 5.97 Å². The number of amides is 1. The van der Waals surface area contributed by atoms with Gasteiger partial charge < -0.3 is 45.1 Å². The standard InChI is InChI=1S/C65H107NO10/c1-4-7-10-13-16-19-22-25-26-27-28-29-30-31-32-33-34-35-38-41-44-47-50-53-60(70)76-63-62(72)61(71)59(54-67)75-65(63)74-55-56(57(68)51-48-45-42-39-36-23-20-17-14-11-8-5-2)66-64(73)58(69)52-49-46-43-40-37-24-21-18-15-12-9-6-3/h9,12,15-16,18-19,21,24-26,28-29,31-32,37,40,43,46,48,51,56-59,61-63,65,67-69,71-72H,4-8,10-11,13-14,17,20,22-23,27,30,33-36,38-39,41-42,44-45,47,49-50,52-55H2,1-3H3,(H,66,73)/b12-9+,18-15+,19-16-,24-21-,26-25-,29-28-,32-31-,40-37-,46-43+,51-48+. The van der Waals surface area contributed by atoms with Crippen LogP contribution in [0.2, 0.25) is 0 Å². The van der Waals surface area contributed by atoms with Crippen LogP contribution in [0.3, 0.4) is 0 Å². The zero-order chi connectivity index (χ0) is 55.4. The summed E-state index contributed by atoms with van der Waals surface area (Å²) < 4.78 is 17.5. The fourth-order valence-electron chi connectivity index (χ4n) is 8.48. The van der Waals surface area contributed by atoms with E-state index in [0.29, 0.717) is 12.8 Å². The van der Waals surface area contributed by atoms with Crippen molar-refractivity contribution in [3.63, 3.8) is 0 Å². The summed E-state index contributed by atoms with van der Waals surface area (Å²) in [5.74, 6) is -1.29. The normalized spacial score (nSPS) is 20.0. The van der Waals surface area contributed by atoms with Gasteiger partial charge in [0, 0.05) is 6.42 Å². The van der Waals surface area contributed by atoms with Crippen LogP contribution in [0.5, 0.6) is 0 Å². The highest BCUT2D eigenvalue weighted by Gasteiger charge is 2.47. The lowest BCUT2D eigenvalue weighted by Gasteiger charge is -2.41. The van der Waals surface area contributed by atoms with Crippen molar-refractivity contribution in [1.82, 2.24) is 5.32 Å². The van der Waals surface area contributed by atoms with Crippen molar-refractivity contribution in [2.75, 3.05) is 13.2 Å². The maximum atomic E-state index is 13.3. The molecule has 6 N–H and O–H groups in total. The van der Waals surface area contributed by atoms with Gasteiger partial charge in [0.2, 0.25) is 5.91 Å². The second kappa shape index (κ2) is 51.8. The molecule has 0 aromatic carbocycles. The SMILES string of the molecule is CC/C=C/C=C/C=C\C=C/C=C/CCC(O)C(=O)NC(COC1OC(CO)C(O)C(O)C1OC(=O)CCCCCCCCC/C=C\C/C=C\C/C=C\C/C=C\CCCCC)C(O)/C=C/CCCCCCCCCCCC. The number of carbonyl (C=O) groups is 2. The maximum Gasteiger partial charge on any atom is 0.306 e. The monoisotopic (exact) mass is 1060 g/mol. The molecular formula is C65H107NO10. The van der Waals surface area contributed by atoms with Crippen LogP contribution in [0.1, 0.15) is 213 Å². The van der Waals surface area contributed by atoms with E-state index in [2.05, 4.69) is 80.8 Å². The molecule has 1 amide bonds. The second-order valence-electron chi connectivity index (χ2n) is 20.1. The first kappa shape index (κ1) is 70.1. The molecule has 1 aliphatic rings. The molecule has 8 atom stereocenters. The molecule has 0 aromatic rings. The molecule has 8 unspecified atom stereocenters. The van der Waals surface area contributed by atoms with Crippen LogP contribution < -0.4 is 5.32 Å². The van der Waals surface area contributed by atoms with Crippen molar-refractivity contribution in [3.8, 4) is 0 Å². The molecular weight excluding hydrogens is 955 g/mol. The Balaban J connectivity index is 2.70. The minimum absolute atomic E-state index is 0.0952. The summed E-state index contributed by atoms with van der Waals surface area (Å²) in [7, 11) is 0. The van der Waals surface area contributed by atoms with Gasteiger partial charge in [-0.1, -0.05) is 245 Å². The van der Waals surface area contributed by atoms with Gasteiger partial charge in [-0.3, -0.25) is 9.59 Å². The Morgan fingerprint density at radius 1 is 0.539 bits per heavy atom. The molecule has 1 saturated heterocycles. The van der Waals surface area contributed by atoms with Gasteiger partial charge in [-0.15, -0.1) is 0 Å². The lowest BCUT2D eigenvalue weighted by atomic mass is 9.99. The highest BCUT2D eigenvalue weighted by Crippen LogP contribution is 2.26. The number of nitrogens with one attached hydrogen (secondary N) is 1. The third-order valence-electron chi connectivity index (χ3n) is 13.2. The van der Waals surface area contributed by atoms with Crippen LogP contribution in [-0.4, -0.2) is 99.6 Å². The highest BCUT2D eigenvalue weighted by atomic mass is 16.7. The molecule has 0 aromatic heterocycles. The number of allylic oxidation sites excluding steroid dienone is 19. The van der Waals surface area contributed by atoms with Crippen LogP contribution >= 0.6 is 0 Å². The van der Waals surface area contributed by atoms with Crippen LogP contribution in [0.4, 0.5) is 0 Å². The number of hydrogen-bond donors (Lipinski definition) is 6. The number of unbranched alkanes of at least 4 members (excludes halogenated alkanes) is 20. The van der Waals surface area contributed by atoms with Crippen molar-refractivity contribution in [3.05, 3.63) is 122 Å². The molecule has 432 valence electrons. The summed E-state index contributed by atoms with van der Waals surface area (Å²) in [4.78, 5) is 26.4. The molecule has 11 nitrogen and oxygen atoms in total. The van der Waals surface area contributed by atoms with E-state index >= 15 is 0 Å². The maximum absolute atomic E-state index is 13.3. The van der Waals surface area contributed by atoms with Gasteiger partial charge in [0.1, 0.15) is 24.4 Å². The number of rotatable bonds is 48. The Hall–Kier alpha value is -3.94. The molecule has 11 heteroatoms. The van der Waals surface area contributed by atoms with Gasteiger partial charge in [-0.25, -0.2) is 0 Å². The van der Waals surface area contributed by atoms with Gasteiger partial charge in [0.05, 0.1) is 25.4 Å². The van der Waals surface area contributed by atoms with E-state index < -0.39 is 67.4 Å². The molecule has 0 bridgehead atoms. The Kier molecular flexibility index (Phi) is 47.8. The number of aliphatic hydroxyl groups excluding tert-OH is 5. The van der Waals surface area contributed by atoms with E-state index in [0.717, 1.165) is 96.3 Å². The van der Waals surface area contributed by atoms with Gasteiger partial charge in [0.25, 0.3) is 0 Å². The van der Waals surface area contributed by atoms with E-state index in [1.807, 2.05) is 60.8 Å². The average Bonchev–Trinajstić information content (AvgIpc) is 3.42. The topological polar surface area (TPSA) is 175 Å². The number of ether oxygens (including phenoxy) is 3. The molecule has 1 heterocycles. The lowest BCUT2D eigenvalue weighted by molar-refractivity contribution is -0.305. The molecule has 0 radical (unpaired) electrons. The second-order valence-corrected chi connectivity index (χ2v) is 20.1. The summed E-state index contributed by atoms with van der Waals surface area (Å²) in [6.07, 6.45) is 61.1. The minimum atomic E-state index is -1.64. The van der Waals surface area contributed by atoms with E-state index in [1.54, 1.807) is 6.08 Å². The van der Waals surface area contributed by atoms with Crippen molar-refractivity contribution < 1.29 is 49.3 Å². The fourth-order valence-corrected chi connectivity index (χ4v) is 8.48. The van der Waals surface area contributed by atoms with Crippen molar-refractivity contribution in [1.29, 1.82) is 0 Å². The molecule has 0 aliphatic carbocycles. The summed E-state index contributed by atoms with van der Waals surface area (Å²) in [6, 6.07) is -1.07. The Labute approximate surface area is 461 Å². The highest BCUT2D eigenvalue weighted by molar-refractivity contribution is 5.80. The predicted molar refractivity (Wildman–Crippen MR) is 314 cm³/mol. The lowest BCUT2D eigenvalue weighted by Crippen LogP contribution is -2.61. The largest absolute Gasteiger partial charge is 0.454 e. The quantitative estimate of drug-likeness (QED) is 0.0149. The molecule has 76 heavy (non-hydrogen) atoms. The molecule has 1 aliphatic heterocycles. The Morgan fingerprint density at radius 2 is 1.00 bits per heavy atom. The molecule has 1 fully saturated rings. The molecule has 0 spiro atoms. The predicted octanol–water partition coefficient (Wildman–Crippen LogP) is 13.9. The zero-order valence-corrected chi connectivity index (χ0v) is 47.6. The number of aliphatic hydroxyl groups is 5. The summed E-state index contributed by atoms with van der Waals surface area (Å²) in [5.41, 5.74) is 0. The zero-order valence-electron chi connectivity index (χ0n) is 47.6. The number of hydrogen-bond acceptors (Lipinski definition) is 10. The third-order valence-corrected chi connectivity index (χ3v) is 13.2. The summed E-state index contributed by atoms with van der Waals surface area (Å²) in [6.45, 7) is 5.53. The van der Waals surface area contributed by atoms with Crippen LogP contribution in [0, 0.1) is 0 Å². The van der Waals surface area contributed by atoms with Crippen LogP contribution in [0.25, 0.3) is 0 Å². The van der Waals surface area contributed by atoms with Crippen LogP contribution in [-0.2, 0) is 23.8 Å².